The Kier molecular flexibility index (Phi) is 4.56. The summed E-state index contributed by atoms with van der Waals surface area (Å²) in [6, 6.07) is 11.2. The van der Waals surface area contributed by atoms with Gasteiger partial charge in [-0.1, -0.05) is 17.7 Å². The van der Waals surface area contributed by atoms with Gasteiger partial charge in [-0.25, -0.2) is 9.67 Å². The van der Waals surface area contributed by atoms with E-state index in [-0.39, 0.29) is 12.5 Å². The van der Waals surface area contributed by atoms with Crippen molar-refractivity contribution in [3.05, 3.63) is 66.1 Å². The van der Waals surface area contributed by atoms with Gasteiger partial charge in [0, 0.05) is 18.6 Å². The quantitative estimate of drug-likeness (QED) is 0.784. The summed E-state index contributed by atoms with van der Waals surface area (Å²) in [5.41, 5.74) is 2.74. The normalized spacial score (nSPS) is 10.4. The van der Waals surface area contributed by atoms with Crippen LogP contribution in [-0.4, -0.2) is 27.3 Å². The van der Waals surface area contributed by atoms with Crippen molar-refractivity contribution in [3.63, 3.8) is 0 Å². The fourth-order valence-corrected chi connectivity index (χ4v) is 2.36. The Morgan fingerprint density at radius 3 is 2.83 bits per heavy atom. The van der Waals surface area contributed by atoms with Crippen molar-refractivity contribution in [1.29, 1.82) is 0 Å². The van der Waals surface area contributed by atoms with Crippen LogP contribution in [0.3, 0.4) is 0 Å². The Labute approximate surface area is 140 Å². The van der Waals surface area contributed by atoms with Crippen LogP contribution in [0.15, 0.2) is 55.0 Å². The van der Waals surface area contributed by atoms with E-state index in [0.29, 0.717) is 17.3 Å². The molecule has 6 nitrogen and oxygen atoms in total. The van der Waals surface area contributed by atoms with Gasteiger partial charge in [-0.2, -0.15) is 5.10 Å². The lowest BCUT2D eigenvalue weighted by atomic mass is 10.1. The standard InChI is InChI=1S/C18H18N4O2/c1-13-6-7-16(14(2)11-13)24-12-17(23)21-15-5-3-8-19-18(15)22-10-4-9-20-22/h3-11H,12H2,1-2H3,(H,21,23). The number of carbonyl (C=O) groups excluding carboxylic acids is 1. The summed E-state index contributed by atoms with van der Waals surface area (Å²) >= 11 is 0. The van der Waals surface area contributed by atoms with E-state index in [1.165, 1.54) is 0 Å². The van der Waals surface area contributed by atoms with E-state index < -0.39 is 0 Å². The molecule has 2 heterocycles. The minimum Gasteiger partial charge on any atom is -0.483 e. The molecule has 0 bridgehead atoms. The molecule has 1 aromatic carbocycles. The van der Waals surface area contributed by atoms with Gasteiger partial charge in [0.1, 0.15) is 5.75 Å². The number of aryl methyl sites for hydroxylation is 2. The molecule has 0 spiro atoms. The maximum atomic E-state index is 12.2. The van der Waals surface area contributed by atoms with Gasteiger partial charge in [-0.15, -0.1) is 0 Å². The first-order chi connectivity index (χ1) is 11.6. The maximum absolute atomic E-state index is 12.2. The van der Waals surface area contributed by atoms with Gasteiger partial charge in [0.15, 0.2) is 12.4 Å². The largest absolute Gasteiger partial charge is 0.483 e. The minimum atomic E-state index is -0.253. The first-order valence-electron chi connectivity index (χ1n) is 7.58. The lowest BCUT2D eigenvalue weighted by Crippen LogP contribution is -2.21. The molecule has 3 rings (SSSR count). The topological polar surface area (TPSA) is 69.0 Å². The first-order valence-corrected chi connectivity index (χ1v) is 7.58. The molecule has 24 heavy (non-hydrogen) atoms. The third-order valence-electron chi connectivity index (χ3n) is 3.47. The number of aromatic nitrogens is 3. The van der Waals surface area contributed by atoms with E-state index in [9.17, 15) is 4.79 Å². The fourth-order valence-electron chi connectivity index (χ4n) is 2.36. The smallest absolute Gasteiger partial charge is 0.262 e. The second-order valence-corrected chi connectivity index (χ2v) is 5.43. The van der Waals surface area contributed by atoms with Crippen LogP contribution in [0.25, 0.3) is 5.82 Å². The lowest BCUT2D eigenvalue weighted by Gasteiger charge is -2.12. The molecule has 3 aromatic rings. The van der Waals surface area contributed by atoms with E-state index in [1.54, 1.807) is 41.5 Å². The Morgan fingerprint density at radius 2 is 2.08 bits per heavy atom. The summed E-state index contributed by atoms with van der Waals surface area (Å²) in [6.07, 6.45) is 5.08. The lowest BCUT2D eigenvalue weighted by molar-refractivity contribution is -0.118. The molecule has 0 saturated carbocycles. The predicted molar refractivity (Wildman–Crippen MR) is 91.4 cm³/mol. The molecule has 0 radical (unpaired) electrons. The van der Waals surface area contributed by atoms with E-state index in [1.807, 2.05) is 32.0 Å². The number of nitrogens with zero attached hydrogens (tertiary/aromatic N) is 3. The van der Waals surface area contributed by atoms with Crippen LogP contribution in [-0.2, 0) is 4.79 Å². The molecule has 0 aliphatic carbocycles. The second-order valence-electron chi connectivity index (χ2n) is 5.43. The fraction of sp³-hybridized carbons (Fsp3) is 0.167. The molecule has 2 aromatic heterocycles. The van der Waals surface area contributed by atoms with Crippen LogP contribution < -0.4 is 10.1 Å². The zero-order valence-corrected chi connectivity index (χ0v) is 13.6. The third-order valence-corrected chi connectivity index (χ3v) is 3.47. The SMILES string of the molecule is Cc1ccc(OCC(=O)Nc2cccnc2-n2cccn2)c(C)c1. The van der Waals surface area contributed by atoms with Gasteiger partial charge in [-0.05, 0) is 43.7 Å². The van der Waals surface area contributed by atoms with Gasteiger partial charge >= 0.3 is 0 Å². The van der Waals surface area contributed by atoms with E-state index in [4.69, 9.17) is 4.74 Å². The highest BCUT2D eigenvalue weighted by Gasteiger charge is 2.10. The molecule has 1 N–H and O–H groups in total. The van der Waals surface area contributed by atoms with Crippen LogP contribution >= 0.6 is 0 Å². The molecule has 0 atom stereocenters. The van der Waals surface area contributed by atoms with Crippen molar-refractivity contribution in [3.8, 4) is 11.6 Å². The predicted octanol–water partition coefficient (Wildman–Crippen LogP) is 2.90. The van der Waals surface area contributed by atoms with Crippen LogP contribution in [0.5, 0.6) is 5.75 Å². The summed E-state index contributed by atoms with van der Waals surface area (Å²) in [5, 5.41) is 6.95. The maximum Gasteiger partial charge on any atom is 0.262 e. The molecule has 6 heteroatoms. The van der Waals surface area contributed by atoms with Crippen LogP contribution in [0, 0.1) is 13.8 Å². The molecule has 0 aliphatic heterocycles. The Hall–Kier alpha value is -3.15. The van der Waals surface area contributed by atoms with Crippen molar-refractivity contribution in [2.45, 2.75) is 13.8 Å². The van der Waals surface area contributed by atoms with Gasteiger partial charge in [0.25, 0.3) is 5.91 Å². The van der Waals surface area contributed by atoms with Crippen molar-refractivity contribution in [2.75, 3.05) is 11.9 Å². The summed E-state index contributed by atoms with van der Waals surface area (Å²) in [4.78, 5) is 16.5. The van der Waals surface area contributed by atoms with Crippen molar-refractivity contribution < 1.29 is 9.53 Å². The molecular formula is C18H18N4O2. The van der Waals surface area contributed by atoms with Crippen LogP contribution in [0.1, 0.15) is 11.1 Å². The highest BCUT2D eigenvalue weighted by molar-refractivity contribution is 5.93. The highest BCUT2D eigenvalue weighted by Crippen LogP contribution is 2.19. The number of benzene rings is 1. The van der Waals surface area contributed by atoms with Gasteiger partial charge < -0.3 is 10.1 Å². The molecule has 1 amide bonds. The van der Waals surface area contributed by atoms with E-state index in [0.717, 1.165) is 11.1 Å². The third kappa shape index (κ3) is 3.60. The number of nitrogens with one attached hydrogen (secondary N) is 1. The Bertz CT molecular complexity index is 844. The van der Waals surface area contributed by atoms with Crippen molar-refractivity contribution >= 4 is 11.6 Å². The average Bonchev–Trinajstić information content (AvgIpc) is 3.09. The average molecular weight is 322 g/mol. The number of anilines is 1. The van der Waals surface area contributed by atoms with E-state index in [2.05, 4.69) is 15.4 Å². The van der Waals surface area contributed by atoms with Crippen molar-refractivity contribution in [1.82, 2.24) is 14.8 Å². The molecule has 0 unspecified atom stereocenters. The van der Waals surface area contributed by atoms with Gasteiger partial charge in [-0.3, -0.25) is 4.79 Å². The highest BCUT2D eigenvalue weighted by atomic mass is 16.5. The zero-order valence-electron chi connectivity index (χ0n) is 13.6. The minimum absolute atomic E-state index is 0.0721. The molecule has 0 aliphatic rings. The Morgan fingerprint density at radius 1 is 1.21 bits per heavy atom. The monoisotopic (exact) mass is 322 g/mol. The van der Waals surface area contributed by atoms with Crippen LogP contribution in [0.2, 0.25) is 0 Å². The molecule has 0 saturated heterocycles. The van der Waals surface area contributed by atoms with Crippen LogP contribution in [0.4, 0.5) is 5.69 Å². The summed E-state index contributed by atoms with van der Waals surface area (Å²) in [5.74, 6) is 1.01. The summed E-state index contributed by atoms with van der Waals surface area (Å²) < 4.78 is 7.20. The van der Waals surface area contributed by atoms with E-state index >= 15 is 0 Å². The van der Waals surface area contributed by atoms with Gasteiger partial charge in [0.2, 0.25) is 0 Å². The molecular weight excluding hydrogens is 304 g/mol. The summed E-state index contributed by atoms with van der Waals surface area (Å²) in [6.45, 7) is 3.90. The summed E-state index contributed by atoms with van der Waals surface area (Å²) in [7, 11) is 0. The number of hydrogen-bond donors (Lipinski definition) is 1. The number of hydrogen-bond acceptors (Lipinski definition) is 4. The number of amides is 1. The Balaban J connectivity index is 1.67. The second kappa shape index (κ2) is 6.95. The number of pyridine rings is 1. The van der Waals surface area contributed by atoms with Crippen molar-refractivity contribution in [2.24, 2.45) is 0 Å². The number of ether oxygens (including phenoxy) is 1. The number of carbonyl (C=O) groups is 1. The zero-order chi connectivity index (χ0) is 16.9. The molecule has 122 valence electrons. The molecule has 0 fully saturated rings. The first kappa shape index (κ1) is 15.7. The van der Waals surface area contributed by atoms with Gasteiger partial charge in [0.05, 0.1) is 5.69 Å². The number of rotatable bonds is 5.